The maximum absolute atomic E-state index is 13.1. The van der Waals surface area contributed by atoms with Gasteiger partial charge in [-0.2, -0.15) is 0 Å². The van der Waals surface area contributed by atoms with Crippen LogP contribution in [-0.4, -0.2) is 15.9 Å². The fourth-order valence-corrected chi connectivity index (χ4v) is 3.37. The lowest BCUT2D eigenvalue weighted by molar-refractivity contribution is -0.117. The van der Waals surface area contributed by atoms with Gasteiger partial charge < -0.3 is 5.32 Å². The number of benzene rings is 1. The molecule has 0 spiro atoms. The van der Waals surface area contributed by atoms with Gasteiger partial charge in [-0.25, -0.2) is 14.4 Å². The zero-order valence-electron chi connectivity index (χ0n) is 14.6. The van der Waals surface area contributed by atoms with Gasteiger partial charge in [-0.15, -0.1) is 0 Å². The van der Waals surface area contributed by atoms with Gasteiger partial charge in [-0.05, 0) is 49.4 Å². The minimum atomic E-state index is -0.279. The normalized spacial score (nSPS) is 15.1. The monoisotopic (exact) mass is 341 g/mol. The minimum absolute atomic E-state index is 0.0189. The molecule has 1 saturated carbocycles. The van der Waals surface area contributed by atoms with Gasteiger partial charge in [-0.3, -0.25) is 4.79 Å². The molecule has 1 aliphatic rings. The van der Waals surface area contributed by atoms with Crippen molar-refractivity contribution >= 4 is 11.7 Å². The number of carbonyl (C=O) groups excluding carboxylic acids is 1. The van der Waals surface area contributed by atoms with E-state index < -0.39 is 0 Å². The summed E-state index contributed by atoms with van der Waals surface area (Å²) in [7, 11) is 0. The van der Waals surface area contributed by atoms with Crippen molar-refractivity contribution in [2.24, 2.45) is 5.92 Å². The number of aromatic nitrogens is 2. The topological polar surface area (TPSA) is 54.9 Å². The molecule has 0 saturated heterocycles. The van der Waals surface area contributed by atoms with Crippen LogP contribution >= 0.6 is 0 Å². The average molecular weight is 341 g/mol. The Bertz CT molecular complexity index is 724. The Morgan fingerprint density at radius 1 is 1.20 bits per heavy atom. The molecule has 25 heavy (non-hydrogen) atoms. The number of aryl methyl sites for hydroxylation is 1. The van der Waals surface area contributed by atoms with Gasteiger partial charge in [0, 0.05) is 12.0 Å². The van der Waals surface area contributed by atoms with E-state index in [-0.39, 0.29) is 11.7 Å². The number of hydrogen-bond donors (Lipinski definition) is 1. The van der Waals surface area contributed by atoms with Crippen LogP contribution in [-0.2, 0) is 11.2 Å². The predicted molar refractivity (Wildman–Crippen MR) is 96.6 cm³/mol. The van der Waals surface area contributed by atoms with Gasteiger partial charge in [-0.1, -0.05) is 26.2 Å². The Balaban J connectivity index is 1.70. The highest BCUT2D eigenvalue weighted by atomic mass is 19.1. The molecule has 1 amide bonds. The van der Waals surface area contributed by atoms with Crippen molar-refractivity contribution < 1.29 is 9.18 Å². The fourth-order valence-electron chi connectivity index (χ4n) is 3.37. The van der Waals surface area contributed by atoms with Crippen molar-refractivity contribution in [1.82, 2.24) is 9.97 Å². The number of anilines is 1. The molecule has 0 aliphatic heterocycles. The maximum atomic E-state index is 13.1. The van der Waals surface area contributed by atoms with Crippen LogP contribution < -0.4 is 5.32 Å². The Labute approximate surface area is 147 Å². The summed E-state index contributed by atoms with van der Waals surface area (Å²) in [4.78, 5) is 21.3. The largest absolute Gasteiger partial charge is 0.309 e. The van der Waals surface area contributed by atoms with Crippen LogP contribution in [0.5, 0.6) is 0 Å². The van der Waals surface area contributed by atoms with Gasteiger partial charge in [0.25, 0.3) is 0 Å². The Hall–Kier alpha value is -2.30. The van der Waals surface area contributed by atoms with Crippen LogP contribution in [0, 0.1) is 11.7 Å². The number of hydrogen-bond acceptors (Lipinski definition) is 3. The molecule has 0 unspecified atom stereocenters. The molecule has 0 bridgehead atoms. The molecule has 5 heteroatoms. The van der Waals surface area contributed by atoms with E-state index in [1.807, 2.05) is 6.92 Å². The fraction of sp³-hybridized carbons (Fsp3) is 0.450. The summed E-state index contributed by atoms with van der Waals surface area (Å²) in [6.07, 6.45) is 8.88. The molecule has 132 valence electrons. The molecule has 0 atom stereocenters. The maximum Gasteiger partial charge on any atom is 0.225 e. The molecule has 1 aromatic heterocycles. The van der Waals surface area contributed by atoms with Gasteiger partial charge >= 0.3 is 0 Å². The molecule has 1 N–H and O–H groups in total. The van der Waals surface area contributed by atoms with Gasteiger partial charge in [0.1, 0.15) is 5.82 Å². The van der Waals surface area contributed by atoms with Crippen molar-refractivity contribution in [2.75, 3.05) is 5.32 Å². The first-order chi connectivity index (χ1) is 12.2. The summed E-state index contributed by atoms with van der Waals surface area (Å²) in [6, 6.07) is 6.17. The molecule has 1 fully saturated rings. The van der Waals surface area contributed by atoms with E-state index in [4.69, 9.17) is 0 Å². The highest BCUT2D eigenvalue weighted by Gasteiger charge is 2.18. The van der Waals surface area contributed by atoms with E-state index in [0.717, 1.165) is 24.1 Å². The van der Waals surface area contributed by atoms with Crippen molar-refractivity contribution in [3.63, 3.8) is 0 Å². The predicted octanol–water partition coefficient (Wildman–Crippen LogP) is 4.75. The number of amides is 1. The molecular formula is C20H24FN3O. The van der Waals surface area contributed by atoms with Gasteiger partial charge in [0.2, 0.25) is 5.91 Å². The summed E-state index contributed by atoms with van der Waals surface area (Å²) in [5.74, 6) is 0.767. The van der Waals surface area contributed by atoms with Crippen molar-refractivity contribution in [2.45, 2.75) is 51.9 Å². The first-order valence-electron chi connectivity index (χ1n) is 9.07. The van der Waals surface area contributed by atoms with E-state index >= 15 is 0 Å². The van der Waals surface area contributed by atoms with Crippen molar-refractivity contribution in [1.29, 1.82) is 0 Å². The van der Waals surface area contributed by atoms with Gasteiger partial charge in [0.15, 0.2) is 5.82 Å². The van der Waals surface area contributed by atoms with Crippen LogP contribution in [0.25, 0.3) is 11.3 Å². The summed E-state index contributed by atoms with van der Waals surface area (Å²) >= 11 is 0. The van der Waals surface area contributed by atoms with E-state index in [1.54, 1.807) is 18.3 Å². The molecule has 2 aromatic rings. The van der Waals surface area contributed by atoms with E-state index in [2.05, 4.69) is 15.3 Å². The number of carbonyl (C=O) groups is 1. The van der Waals surface area contributed by atoms with Crippen LogP contribution in [0.3, 0.4) is 0 Å². The number of halogens is 1. The Morgan fingerprint density at radius 2 is 1.92 bits per heavy atom. The third-order valence-electron chi connectivity index (χ3n) is 4.78. The lowest BCUT2D eigenvalue weighted by Gasteiger charge is -2.21. The lowest BCUT2D eigenvalue weighted by atomic mass is 9.87. The van der Waals surface area contributed by atoms with E-state index in [9.17, 15) is 9.18 Å². The second kappa shape index (κ2) is 8.19. The van der Waals surface area contributed by atoms with Crippen LogP contribution in [0.4, 0.5) is 10.2 Å². The van der Waals surface area contributed by atoms with Crippen LogP contribution in [0.15, 0.2) is 30.5 Å². The molecule has 4 nitrogen and oxygen atoms in total. The number of nitrogens with one attached hydrogen (secondary N) is 1. The smallest absolute Gasteiger partial charge is 0.225 e. The zero-order chi connectivity index (χ0) is 17.6. The molecular weight excluding hydrogens is 317 g/mol. The SMILES string of the molecule is CCc1nc(-c2ccc(F)cc2)cnc1NC(=O)CC1CCCCC1. The van der Waals surface area contributed by atoms with Crippen molar-refractivity contribution in [3.8, 4) is 11.3 Å². The summed E-state index contributed by atoms with van der Waals surface area (Å²) in [5.41, 5.74) is 2.24. The molecule has 1 heterocycles. The van der Waals surface area contributed by atoms with Crippen molar-refractivity contribution in [3.05, 3.63) is 42.0 Å². The first kappa shape index (κ1) is 17.5. The lowest BCUT2D eigenvalue weighted by Crippen LogP contribution is -2.20. The number of rotatable bonds is 5. The molecule has 0 radical (unpaired) electrons. The second-order valence-electron chi connectivity index (χ2n) is 6.67. The Morgan fingerprint density at radius 3 is 2.60 bits per heavy atom. The van der Waals surface area contributed by atoms with Crippen LogP contribution in [0.1, 0.15) is 51.1 Å². The molecule has 1 aromatic carbocycles. The average Bonchev–Trinajstić information content (AvgIpc) is 2.63. The highest BCUT2D eigenvalue weighted by Crippen LogP contribution is 2.27. The first-order valence-corrected chi connectivity index (χ1v) is 9.07. The third kappa shape index (κ3) is 4.62. The summed E-state index contributed by atoms with van der Waals surface area (Å²) in [5, 5.41) is 2.92. The van der Waals surface area contributed by atoms with Gasteiger partial charge in [0.05, 0.1) is 17.6 Å². The van der Waals surface area contributed by atoms with Crippen LogP contribution in [0.2, 0.25) is 0 Å². The zero-order valence-corrected chi connectivity index (χ0v) is 14.6. The minimum Gasteiger partial charge on any atom is -0.309 e. The second-order valence-corrected chi connectivity index (χ2v) is 6.67. The van der Waals surface area contributed by atoms with E-state index in [1.165, 1.54) is 31.4 Å². The number of nitrogens with zero attached hydrogens (tertiary/aromatic N) is 2. The highest BCUT2D eigenvalue weighted by molar-refractivity contribution is 5.90. The quantitative estimate of drug-likeness (QED) is 0.853. The summed E-state index contributed by atoms with van der Waals surface area (Å²) < 4.78 is 13.1. The summed E-state index contributed by atoms with van der Waals surface area (Å²) in [6.45, 7) is 1.98. The molecule has 3 rings (SSSR count). The third-order valence-corrected chi connectivity index (χ3v) is 4.78. The van der Waals surface area contributed by atoms with E-state index in [0.29, 0.717) is 30.3 Å². The Kier molecular flexibility index (Phi) is 5.74. The molecule has 1 aliphatic carbocycles. The standard InChI is InChI=1S/C20H24FN3O/c1-2-17-20(24-19(25)12-14-6-4-3-5-7-14)22-13-18(23-17)15-8-10-16(21)11-9-15/h8-11,13-14H,2-7,12H2,1H3,(H,22,24,25).